The van der Waals surface area contributed by atoms with Crippen molar-refractivity contribution in [3.63, 3.8) is 0 Å². The molecule has 9 heavy (non-hydrogen) atoms. The summed E-state index contributed by atoms with van der Waals surface area (Å²) in [5.41, 5.74) is 0. The topological polar surface area (TPSA) is 0 Å². The average molecular weight is 248 g/mol. The molecule has 0 aliphatic carbocycles. The Morgan fingerprint density at radius 3 is 1.22 bits per heavy atom. The smallest absolute Gasteiger partial charge is 0.0407 e. The van der Waals surface area contributed by atoms with Crippen LogP contribution < -0.4 is 0 Å². The Bertz CT molecular complexity index is 150. The summed E-state index contributed by atoms with van der Waals surface area (Å²) in [7, 11) is 0. The summed E-state index contributed by atoms with van der Waals surface area (Å²) in [6, 6.07) is 7.02. The summed E-state index contributed by atoms with van der Waals surface area (Å²) >= 11 is 11.1. The van der Waals surface area contributed by atoms with E-state index in [-0.39, 0.29) is 19.5 Å². The van der Waals surface area contributed by atoms with E-state index in [0.29, 0.717) is 0 Å². The fourth-order valence-corrected chi connectivity index (χ4v) is 0.682. The van der Waals surface area contributed by atoms with Crippen LogP contribution >= 0.6 is 23.2 Å². The molecule has 0 N–H and O–H groups in total. The molecule has 1 aromatic rings. The zero-order chi connectivity index (χ0) is 5.98. The molecule has 0 aliphatic rings. The van der Waals surface area contributed by atoms with Crippen LogP contribution in [0.5, 0.6) is 0 Å². The summed E-state index contributed by atoms with van der Waals surface area (Å²) in [5.74, 6) is 0. The Kier molecular flexibility index (Phi) is 4.47. The van der Waals surface area contributed by atoms with E-state index in [1.807, 2.05) is 0 Å². The third kappa shape index (κ3) is 3.20. The second kappa shape index (κ2) is 4.27. The van der Waals surface area contributed by atoms with E-state index in [1.165, 1.54) is 0 Å². The molecule has 0 spiro atoms. The molecule has 0 saturated carbocycles. The van der Waals surface area contributed by atoms with Gasteiger partial charge in [-0.1, -0.05) is 23.2 Å². The van der Waals surface area contributed by atoms with Gasteiger partial charge >= 0.3 is 0 Å². The normalized spacial score (nSPS) is 8.22. The van der Waals surface area contributed by atoms with E-state index in [1.54, 1.807) is 24.3 Å². The van der Waals surface area contributed by atoms with Crippen molar-refractivity contribution >= 4 is 23.2 Å². The molecule has 0 unspecified atom stereocenters. The first-order chi connectivity index (χ1) is 3.79. The molecule has 0 radical (unpaired) electrons. The summed E-state index contributed by atoms with van der Waals surface area (Å²) in [4.78, 5) is 0. The Morgan fingerprint density at radius 1 is 0.778 bits per heavy atom. The monoisotopic (exact) mass is 248 g/mol. The quantitative estimate of drug-likeness (QED) is 0.619. The zero-order valence-corrected chi connectivity index (χ0v) is 7.67. The molecule has 0 nitrogen and oxygen atoms in total. The van der Waals surface area contributed by atoms with Gasteiger partial charge in [0.15, 0.2) is 0 Å². The first kappa shape index (κ1) is 9.42. The van der Waals surface area contributed by atoms with Gasteiger partial charge in [0, 0.05) is 29.5 Å². The largest absolute Gasteiger partial charge is 0.0843 e. The Balaban J connectivity index is 0.000000640. The van der Waals surface area contributed by atoms with Gasteiger partial charge in [0.25, 0.3) is 0 Å². The number of halogens is 2. The van der Waals surface area contributed by atoms with E-state index < -0.39 is 0 Å². The Labute approximate surface area is 76.9 Å². The predicted octanol–water partition coefficient (Wildman–Crippen LogP) is 2.99. The van der Waals surface area contributed by atoms with Crippen molar-refractivity contribution < 1.29 is 19.5 Å². The van der Waals surface area contributed by atoms with Gasteiger partial charge in [0.05, 0.1) is 0 Å². The fraction of sp³-hybridized carbons (Fsp3) is 0. The predicted molar refractivity (Wildman–Crippen MR) is 36.5 cm³/mol. The minimum atomic E-state index is 0. The minimum absolute atomic E-state index is 0. The zero-order valence-electron chi connectivity index (χ0n) is 4.42. The van der Waals surface area contributed by atoms with Crippen molar-refractivity contribution in [2.24, 2.45) is 0 Å². The molecule has 3 heteroatoms. The van der Waals surface area contributed by atoms with E-state index in [4.69, 9.17) is 23.2 Å². The molecule has 50 valence electrons. The van der Waals surface area contributed by atoms with Crippen molar-refractivity contribution in [1.29, 1.82) is 0 Å². The van der Waals surface area contributed by atoms with Crippen LogP contribution in [0, 0.1) is 0 Å². The van der Waals surface area contributed by atoms with Crippen molar-refractivity contribution in [2.45, 2.75) is 0 Å². The van der Waals surface area contributed by atoms with Crippen LogP contribution in [0.1, 0.15) is 0 Å². The van der Waals surface area contributed by atoms with Crippen molar-refractivity contribution in [2.75, 3.05) is 0 Å². The van der Waals surface area contributed by atoms with Crippen molar-refractivity contribution in [3.05, 3.63) is 34.3 Å². The second-order valence-corrected chi connectivity index (χ2v) is 2.31. The summed E-state index contributed by atoms with van der Waals surface area (Å²) in [5, 5.41) is 1.43. The third-order valence-electron chi connectivity index (χ3n) is 0.804. The maximum atomic E-state index is 5.55. The molecule has 0 heterocycles. The number of hydrogen-bond donors (Lipinski definition) is 0. The Morgan fingerprint density at radius 2 is 1.00 bits per heavy atom. The van der Waals surface area contributed by atoms with Gasteiger partial charge in [-0.25, -0.2) is 0 Å². The molecule has 0 amide bonds. The van der Waals surface area contributed by atoms with Crippen LogP contribution in [0.2, 0.25) is 10.0 Å². The van der Waals surface area contributed by atoms with Gasteiger partial charge in [-0.15, -0.1) is 0 Å². The summed E-state index contributed by atoms with van der Waals surface area (Å²) in [6.07, 6.45) is 0. The molecule has 1 rings (SSSR count). The van der Waals surface area contributed by atoms with Crippen molar-refractivity contribution in [3.8, 4) is 0 Å². The molecule has 0 aliphatic heterocycles. The van der Waals surface area contributed by atoms with Crippen molar-refractivity contribution in [1.82, 2.24) is 0 Å². The molecule has 1 aromatic carbocycles. The fourth-order valence-electron chi connectivity index (χ4n) is 0.430. The first-order valence-electron chi connectivity index (χ1n) is 2.20. The molecular formula is C6H4Cl2Ru. The van der Waals surface area contributed by atoms with Crippen LogP contribution in [0.15, 0.2) is 24.3 Å². The van der Waals surface area contributed by atoms with Crippen LogP contribution in [-0.4, -0.2) is 0 Å². The molecule has 0 fully saturated rings. The van der Waals surface area contributed by atoms with E-state index in [0.717, 1.165) is 10.0 Å². The molecular weight excluding hydrogens is 244 g/mol. The second-order valence-electron chi connectivity index (χ2n) is 1.44. The van der Waals surface area contributed by atoms with E-state index in [9.17, 15) is 0 Å². The standard InChI is InChI=1S/C6H4Cl2.Ru/c7-5-1-2-6(8)4-3-5;/h1-4H;. The van der Waals surface area contributed by atoms with Crippen LogP contribution in [0.3, 0.4) is 0 Å². The van der Waals surface area contributed by atoms with Crippen LogP contribution in [0.25, 0.3) is 0 Å². The Hall–Kier alpha value is 0.423. The van der Waals surface area contributed by atoms with Crippen LogP contribution in [-0.2, 0) is 19.5 Å². The van der Waals surface area contributed by atoms with Gasteiger partial charge in [0.1, 0.15) is 0 Å². The number of hydrogen-bond acceptors (Lipinski definition) is 0. The molecule has 0 saturated heterocycles. The van der Waals surface area contributed by atoms with Gasteiger partial charge < -0.3 is 0 Å². The van der Waals surface area contributed by atoms with Gasteiger partial charge in [-0.3, -0.25) is 0 Å². The van der Waals surface area contributed by atoms with Gasteiger partial charge in [-0.2, -0.15) is 0 Å². The SMILES string of the molecule is Clc1ccc(Cl)cc1.[Ru]. The summed E-state index contributed by atoms with van der Waals surface area (Å²) < 4.78 is 0. The van der Waals surface area contributed by atoms with Crippen LogP contribution in [0.4, 0.5) is 0 Å². The number of benzene rings is 1. The van der Waals surface area contributed by atoms with E-state index in [2.05, 4.69) is 0 Å². The maximum absolute atomic E-state index is 5.55. The molecule has 0 atom stereocenters. The molecule has 0 aromatic heterocycles. The average Bonchev–Trinajstić information content (AvgIpc) is 1.77. The molecule has 0 bridgehead atoms. The number of rotatable bonds is 0. The first-order valence-corrected chi connectivity index (χ1v) is 2.96. The summed E-state index contributed by atoms with van der Waals surface area (Å²) in [6.45, 7) is 0. The maximum Gasteiger partial charge on any atom is 0.0407 e. The minimum Gasteiger partial charge on any atom is -0.0843 e. The van der Waals surface area contributed by atoms with Gasteiger partial charge in [0.2, 0.25) is 0 Å². The van der Waals surface area contributed by atoms with Gasteiger partial charge in [-0.05, 0) is 24.3 Å². The van der Waals surface area contributed by atoms with E-state index >= 15 is 0 Å². The third-order valence-corrected chi connectivity index (χ3v) is 1.31.